The number of anilines is 7. The number of allylic oxidation sites excluding steroid dienone is 6. The molecule has 8 aliphatic rings. The van der Waals surface area contributed by atoms with Crippen molar-refractivity contribution in [2.75, 3.05) is 14.7 Å². The van der Waals surface area contributed by atoms with Crippen molar-refractivity contribution in [1.29, 1.82) is 0 Å². The van der Waals surface area contributed by atoms with Crippen LogP contribution >= 0.6 is 11.6 Å². The van der Waals surface area contributed by atoms with Crippen LogP contribution in [0.5, 0.6) is 0 Å². The lowest BCUT2D eigenvalue weighted by Gasteiger charge is -2.37. The maximum atomic E-state index is 8.82. The van der Waals surface area contributed by atoms with E-state index in [1.807, 2.05) is 0 Å². The molecule has 0 spiro atoms. The normalized spacial score (nSPS) is 23.5. The van der Waals surface area contributed by atoms with Crippen molar-refractivity contribution in [1.82, 2.24) is 0 Å². The first kappa shape index (κ1) is 61.6. The van der Waals surface area contributed by atoms with E-state index in [0.717, 1.165) is 54.9 Å². The molecule has 8 aliphatic carbocycles. The number of rotatable bonds is 9. The highest BCUT2D eigenvalue weighted by Crippen LogP contribution is 2.52. The summed E-state index contributed by atoms with van der Waals surface area (Å²) >= 11 is 8.82. The Balaban J connectivity index is 1.08. The van der Waals surface area contributed by atoms with Gasteiger partial charge in [0.2, 0.25) is 0 Å². The molecule has 4 atom stereocenters. The zero-order valence-corrected chi connectivity index (χ0v) is 55.0. The Bertz CT molecular complexity index is 3200. The van der Waals surface area contributed by atoms with Crippen molar-refractivity contribution < 1.29 is 0 Å². The van der Waals surface area contributed by atoms with E-state index in [1.165, 1.54) is 288 Å². The Kier molecular flexibility index (Phi) is 21.5. The first-order chi connectivity index (χ1) is 43.6. The van der Waals surface area contributed by atoms with Crippen LogP contribution in [0.15, 0.2) is 133 Å². The molecular weight excluding hydrogens is 1090 g/mol. The van der Waals surface area contributed by atoms with Gasteiger partial charge in [0.05, 0.1) is 22.1 Å². The van der Waals surface area contributed by atoms with Crippen LogP contribution in [0.3, 0.4) is 0 Å². The van der Waals surface area contributed by atoms with Gasteiger partial charge in [-0.25, -0.2) is 0 Å². The van der Waals surface area contributed by atoms with E-state index in [-0.39, 0.29) is 0 Å². The number of fused-ring (bicyclic) bond motifs is 6. The molecule has 466 valence electrons. The minimum absolute atomic E-state index is 0.496. The zero-order chi connectivity index (χ0) is 59.3. The number of hydrogen-bond donors (Lipinski definition) is 0. The average Bonchev–Trinajstić information content (AvgIpc) is 2.29. The Morgan fingerprint density at radius 1 is 0.250 bits per heavy atom. The first-order valence-electron chi connectivity index (χ1n) is 37.1. The van der Waals surface area contributed by atoms with Crippen LogP contribution in [0, 0.1) is 23.7 Å². The van der Waals surface area contributed by atoms with E-state index >= 15 is 0 Å². The second-order valence-corrected chi connectivity index (χ2v) is 29.3. The van der Waals surface area contributed by atoms with Gasteiger partial charge in [-0.1, -0.05) is 201 Å². The van der Waals surface area contributed by atoms with E-state index in [1.54, 1.807) is 27.8 Å². The number of nitrogens with zero attached hydrogens (tertiary/aromatic N) is 3. The highest BCUT2D eigenvalue weighted by atomic mass is 35.5. The highest BCUT2D eigenvalue weighted by Gasteiger charge is 2.33. The molecule has 0 saturated heterocycles. The second-order valence-electron chi connectivity index (χ2n) is 28.9. The van der Waals surface area contributed by atoms with Crippen molar-refractivity contribution in [2.45, 2.75) is 270 Å². The van der Waals surface area contributed by atoms with Crippen molar-refractivity contribution in [3.05, 3.63) is 182 Å². The lowest BCUT2D eigenvalue weighted by molar-refractivity contribution is 0.406. The molecule has 5 aromatic rings. The summed E-state index contributed by atoms with van der Waals surface area (Å²) in [5.74, 6) is 2.17. The summed E-state index contributed by atoms with van der Waals surface area (Å²) < 4.78 is 0. The van der Waals surface area contributed by atoms with Crippen molar-refractivity contribution in [2.24, 2.45) is 23.7 Å². The van der Waals surface area contributed by atoms with Crippen LogP contribution in [0.4, 0.5) is 39.8 Å². The maximum Gasteiger partial charge on any atom is 0.0888 e. The summed E-state index contributed by atoms with van der Waals surface area (Å²) in [6, 6.07) is 35.7. The monoisotopic (exact) mass is 1190 g/mol. The fraction of sp³-hybridized carbons (Fsp3) is 0.548. The maximum absolute atomic E-state index is 8.82. The van der Waals surface area contributed by atoms with E-state index < -0.39 is 0 Å². The summed E-state index contributed by atoms with van der Waals surface area (Å²) in [6.07, 6.45) is 69.6. The van der Waals surface area contributed by atoms with Crippen LogP contribution < -0.4 is 14.7 Å². The number of halogens is 1. The molecule has 3 nitrogen and oxygen atoms in total. The van der Waals surface area contributed by atoms with Gasteiger partial charge in [0.1, 0.15) is 0 Å². The lowest BCUT2D eigenvalue weighted by atomic mass is 9.81. The predicted octanol–water partition coefficient (Wildman–Crippen LogP) is 25.1. The molecule has 0 radical (unpaired) electrons. The zero-order valence-electron chi connectivity index (χ0n) is 54.3. The summed E-state index contributed by atoms with van der Waals surface area (Å²) in [5, 5.41) is 0.823. The largest absolute Gasteiger partial charge is 0.311 e. The Morgan fingerprint density at radius 2 is 0.523 bits per heavy atom. The number of hydrogen-bond acceptors (Lipinski definition) is 3. The van der Waals surface area contributed by atoms with Crippen LogP contribution in [0.1, 0.15) is 263 Å². The van der Waals surface area contributed by atoms with E-state index in [9.17, 15) is 0 Å². The Hall–Kier alpha value is -5.25. The van der Waals surface area contributed by atoms with Gasteiger partial charge >= 0.3 is 0 Å². The summed E-state index contributed by atoms with van der Waals surface area (Å²) in [5.41, 5.74) is 23.3. The van der Waals surface area contributed by atoms with Crippen LogP contribution in [0.25, 0.3) is 0 Å². The standard InChI is InChI=1S/C84H108ClN3/c85-84-82(87(77-51-45-65-33-21-9-3-15-27-39-71(65)57-77)78-52-46-66-34-22-10-4-16-28-40-72(66)58-78)61-81(86(75-49-43-63-31-19-7-1-13-25-37-69(63)55-75)76-50-44-64-32-20-8-2-14-26-38-70(64)56-76)62-83(84)88(79-53-47-67-35-23-11-5-17-29-41-73(67)59-79)80-54-48-68-36-24-12-6-18-30-42-74(68)60-80/h43-63,65,69,71H,1-42H2. The first-order valence-corrected chi connectivity index (χ1v) is 37.5. The molecular formula is C84H108ClN3. The molecule has 2 fully saturated rings. The van der Waals surface area contributed by atoms with Gasteiger partial charge in [-0.3, -0.25) is 0 Å². The van der Waals surface area contributed by atoms with Crippen LogP contribution in [-0.2, 0) is 51.4 Å². The van der Waals surface area contributed by atoms with Crippen molar-refractivity contribution in [3.63, 3.8) is 0 Å². The molecule has 5 aromatic carbocycles. The minimum atomic E-state index is 0.496. The molecule has 0 bridgehead atoms. The van der Waals surface area contributed by atoms with Gasteiger partial charge in [0, 0.05) is 34.1 Å². The fourth-order valence-electron chi connectivity index (χ4n) is 17.5. The van der Waals surface area contributed by atoms with Crippen LogP contribution in [-0.4, -0.2) is 0 Å². The third-order valence-electron chi connectivity index (χ3n) is 22.7. The highest BCUT2D eigenvalue weighted by molar-refractivity contribution is 6.37. The topological polar surface area (TPSA) is 9.72 Å². The average molecular weight is 1200 g/mol. The minimum Gasteiger partial charge on any atom is -0.311 e. The van der Waals surface area contributed by atoms with Gasteiger partial charge in [-0.2, -0.15) is 0 Å². The van der Waals surface area contributed by atoms with E-state index in [4.69, 9.17) is 11.6 Å². The van der Waals surface area contributed by atoms with Crippen molar-refractivity contribution in [3.8, 4) is 0 Å². The molecule has 0 aliphatic heterocycles. The Labute approximate surface area is 538 Å². The number of benzene rings is 5. The van der Waals surface area contributed by atoms with Gasteiger partial charge in [0.25, 0.3) is 0 Å². The quantitative estimate of drug-likeness (QED) is 0.146. The third kappa shape index (κ3) is 15.0. The smallest absolute Gasteiger partial charge is 0.0888 e. The van der Waals surface area contributed by atoms with Crippen LogP contribution in [0.2, 0.25) is 5.02 Å². The van der Waals surface area contributed by atoms with Gasteiger partial charge in [-0.05, 0) is 269 Å². The van der Waals surface area contributed by atoms with E-state index in [2.05, 4.69) is 136 Å². The molecule has 4 heteroatoms. The summed E-state index contributed by atoms with van der Waals surface area (Å²) in [7, 11) is 0. The molecule has 2 saturated carbocycles. The second kappa shape index (κ2) is 30.7. The fourth-order valence-corrected chi connectivity index (χ4v) is 17.8. The Morgan fingerprint density at radius 3 is 0.886 bits per heavy atom. The molecule has 0 amide bonds. The lowest BCUT2D eigenvalue weighted by Crippen LogP contribution is -2.25. The molecule has 4 unspecified atom stereocenters. The third-order valence-corrected chi connectivity index (χ3v) is 23.1. The molecule has 0 heterocycles. The SMILES string of the molecule is Clc1c(N(C2=CC3CCCCCCCC3C=C2)c2ccc3c(c2)CCCCCCC3)cc(N(C2=CC3CCCCCCCC3C=C2)c2ccc3c(c2)CCCCCCC3)cc1N(c1ccc2c(c1)CCCCCCC2)c1ccc2c(c1)CCCCCCC2. The molecule has 13 rings (SSSR count). The molecule has 88 heavy (non-hydrogen) atoms. The predicted molar refractivity (Wildman–Crippen MR) is 378 cm³/mol. The van der Waals surface area contributed by atoms with Gasteiger partial charge in [0.15, 0.2) is 0 Å². The van der Waals surface area contributed by atoms with Crippen molar-refractivity contribution >= 4 is 51.4 Å². The summed E-state index contributed by atoms with van der Waals surface area (Å²) in [4.78, 5) is 8.05. The molecule has 0 N–H and O–H groups in total. The van der Waals surface area contributed by atoms with Gasteiger partial charge in [-0.15, -0.1) is 0 Å². The summed E-state index contributed by atoms with van der Waals surface area (Å²) in [6.45, 7) is 0. The van der Waals surface area contributed by atoms with Gasteiger partial charge < -0.3 is 14.7 Å². The molecule has 0 aromatic heterocycles. The van der Waals surface area contributed by atoms with E-state index in [0.29, 0.717) is 23.7 Å². The number of aryl methyl sites for hydroxylation is 8.